The van der Waals surface area contributed by atoms with Crippen LogP contribution in [0.3, 0.4) is 0 Å². The smallest absolute Gasteiger partial charge is 0.0636 e. The van der Waals surface area contributed by atoms with Gasteiger partial charge in [-0.3, -0.25) is 4.98 Å². The lowest BCUT2D eigenvalue weighted by Crippen LogP contribution is -2.23. The van der Waals surface area contributed by atoms with E-state index in [-0.39, 0.29) is 0 Å². The number of aromatic nitrogens is 1. The van der Waals surface area contributed by atoms with Gasteiger partial charge in [-0.05, 0) is 60.4 Å². The number of piperidine rings is 1. The molecule has 0 atom stereocenters. The molecule has 2 nitrogen and oxygen atoms in total. The molecular formula is C26H26N2. The molecule has 2 heteroatoms. The van der Waals surface area contributed by atoms with Crippen molar-refractivity contribution in [2.75, 3.05) is 13.1 Å². The minimum atomic E-state index is 0.974. The van der Waals surface area contributed by atoms with E-state index in [1.165, 1.54) is 49.0 Å². The third-order valence-corrected chi connectivity index (χ3v) is 5.16. The Kier molecular flexibility index (Phi) is 5.98. The highest BCUT2D eigenvalue weighted by molar-refractivity contribution is 5.83. The molecule has 0 aliphatic carbocycles. The van der Waals surface area contributed by atoms with Crippen LogP contribution in [0.5, 0.6) is 0 Å². The summed E-state index contributed by atoms with van der Waals surface area (Å²) in [6.07, 6.45) is 14.5. The summed E-state index contributed by atoms with van der Waals surface area (Å²) in [5.74, 6) is 0. The van der Waals surface area contributed by atoms with Crippen molar-refractivity contribution in [3.63, 3.8) is 0 Å². The minimum absolute atomic E-state index is 0.974. The van der Waals surface area contributed by atoms with Crippen molar-refractivity contribution < 1.29 is 0 Å². The fourth-order valence-electron chi connectivity index (χ4n) is 3.66. The molecule has 0 saturated carbocycles. The minimum Gasteiger partial charge on any atom is -0.377 e. The van der Waals surface area contributed by atoms with E-state index in [2.05, 4.69) is 90.0 Å². The summed E-state index contributed by atoms with van der Waals surface area (Å²) in [4.78, 5) is 7.09. The molecule has 0 unspecified atom stereocenters. The van der Waals surface area contributed by atoms with Crippen molar-refractivity contribution in [1.29, 1.82) is 0 Å². The van der Waals surface area contributed by atoms with E-state index < -0.39 is 0 Å². The van der Waals surface area contributed by atoms with Crippen LogP contribution >= 0.6 is 0 Å². The monoisotopic (exact) mass is 366 g/mol. The van der Waals surface area contributed by atoms with Crippen molar-refractivity contribution >= 4 is 6.08 Å². The van der Waals surface area contributed by atoms with Crippen LogP contribution in [-0.4, -0.2) is 23.0 Å². The molecule has 1 aliphatic rings. The third kappa shape index (κ3) is 4.58. The highest BCUT2D eigenvalue weighted by Crippen LogP contribution is 2.32. The average molecular weight is 367 g/mol. The van der Waals surface area contributed by atoms with Gasteiger partial charge in [-0.15, -0.1) is 0 Å². The lowest BCUT2D eigenvalue weighted by Gasteiger charge is -2.24. The highest BCUT2D eigenvalue weighted by Gasteiger charge is 2.09. The molecule has 0 N–H and O–H groups in total. The molecule has 3 aromatic rings. The van der Waals surface area contributed by atoms with Crippen LogP contribution in [0, 0.1) is 0 Å². The number of likely N-dealkylation sites (tertiary alicyclic amines) is 1. The molecule has 28 heavy (non-hydrogen) atoms. The van der Waals surface area contributed by atoms with Gasteiger partial charge in [-0.2, -0.15) is 0 Å². The van der Waals surface area contributed by atoms with Gasteiger partial charge in [0, 0.05) is 24.8 Å². The second-order valence-corrected chi connectivity index (χ2v) is 7.18. The molecule has 0 radical (unpaired) electrons. The van der Waals surface area contributed by atoms with Crippen LogP contribution in [0.2, 0.25) is 0 Å². The predicted molar refractivity (Wildman–Crippen MR) is 119 cm³/mol. The fraction of sp³-hybridized carbons (Fsp3) is 0.192. The summed E-state index contributed by atoms with van der Waals surface area (Å²) >= 11 is 0. The van der Waals surface area contributed by atoms with Crippen LogP contribution < -0.4 is 0 Å². The van der Waals surface area contributed by atoms with Gasteiger partial charge in [-0.25, -0.2) is 0 Å². The highest BCUT2D eigenvalue weighted by atomic mass is 15.1. The molecule has 1 aliphatic heterocycles. The average Bonchev–Trinajstić information content (AvgIpc) is 2.78. The van der Waals surface area contributed by atoms with Crippen molar-refractivity contribution in [3.05, 3.63) is 97.0 Å². The Morgan fingerprint density at radius 2 is 1.36 bits per heavy atom. The molecule has 4 rings (SSSR count). The molecule has 1 aromatic heterocycles. The Morgan fingerprint density at radius 1 is 0.714 bits per heavy atom. The van der Waals surface area contributed by atoms with Crippen LogP contribution in [0.15, 0.2) is 91.3 Å². The Morgan fingerprint density at radius 3 is 2.04 bits per heavy atom. The third-order valence-electron chi connectivity index (χ3n) is 5.16. The SMILES string of the molecule is C(C=CN1CCCCC1)=Cc1cc(-c2ccccc2)c(-c2ccccc2)cn1. The van der Waals surface area contributed by atoms with Crippen LogP contribution in [-0.2, 0) is 0 Å². The van der Waals surface area contributed by atoms with Crippen LogP contribution in [0.25, 0.3) is 28.3 Å². The summed E-state index contributed by atoms with van der Waals surface area (Å²) in [6, 6.07) is 23.2. The van der Waals surface area contributed by atoms with E-state index in [0.29, 0.717) is 0 Å². The van der Waals surface area contributed by atoms with Crippen molar-refractivity contribution in [2.45, 2.75) is 19.3 Å². The van der Waals surface area contributed by atoms with Gasteiger partial charge >= 0.3 is 0 Å². The van der Waals surface area contributed by atoms with Crippen molar-refractivity contribution in [3.8, 4) is 22.3 Å². The molecule has 1 fully saturated rings. The maximum atomic E-state index is 4.69. The van der Waals surface area contributed by atoms with Gasteiger partial charge in [0.1, 0.15) is 0 Å². The zero-order chi connectivity index (χ0) is 19.0. The number of hydrogen-bond donors (Lipinski definition) is 0. The van der Waals surface area contributed by atoms with E-state index in [1.54, 1.807) is 0 Å². The molecule has 0 amide bonds. The zero-order valence-corrected chi connectivity index (χ0v) is 16.2. The van der Waals surface area contributed by atoms with Gasteiger partial charge in [0.2, 0.25) is 0 Å². The first-order valence-corrected chi connectivity index (χ1v) is 10.1. The topological polar surface area (TPSA) is 16.1 Å². The lowest BCUT2D eigenvalue weighted by molar-refractivity contribution is 0.309. The lowest BCUT2D eigenvalue weighted by atomic mass is 9.95. The van der Waals surface area contributed by atoms with Crippen LogP contribution in [0.4, 0.5) is 0 Å². The number of nitrogens with zero attached hydrogens (tertiary/aromatic N) is 2. The van der Waals surface area contributed by atoms with Gasteiger partial charge in [-0.1, -0.05) is 66.7 Å². The van der Waals surface area contributed by atoms with E-state index in [0.717, 1.165) is 11.3 Å². The van der Waals surface area contributed by atoms with E-state index >= 15 is 0 Å². The fourth-order valence-corrected chi connectivity index (χ4v) is 3.66. The summed E-state index contributed by atoms with van der Waals surface area (Å²) in [6.45, 7) is 2.35. The largest absolute Gasteiger partial charge is 0.377 e. The number of allylic oxidation sites excluding steroid dienone is 2. The van der Waals surface area contributed by atoms with Gasteiger partial charge in [0.15, 0.2) is 0 Å². The van der Waals surface area contributed by atoms with Crippen LogP contribution in [0.1, 0.15) is 25.0 Å². The summed E-state index contributed by atoms with van der Waals surface area (Å²) < 4.78 is 0. The number of rotatable bonds is 5. The maximum Gasteiger partial charge on any atom is 0.0636 e. The first-order chi connectivity index (χ1) is 13.9. The Labute approximate surface area is 167 Å². The van der Waals surface area contributed by atoms with Crippen molar-refractivity contribution in [2.24, 2.45) is 0 Å². The quantitative estimate of drug-likeness (QED) is 0.484. The molecule has 0 spiro atoms. The number of benzene rings is 2. The molecular weight excluding hydrogens is 340 g/mol. The number of hydrogen-bond acceptors (Lipinski definition) is 2. The normalized spacial score (nSPS) is 14.8. The molecule has 2 aromatic carbocycles. The summed E-state index contributed by atoms with van der Waals surface area (Å²) in [5, 5.41) is 0. The first kappa shape index (κ1) is 18.2. The Balaban J connectivity index is 1.61. The van der Waals surface area contributed by atoms with E-state index in [4.69, 9.17) is 4.98 Å². The van der Waals surface area contributed by atoms with E-state index in [1.807, 2.05) is 12.3 Å². The van der Waals surface area contributed by atoms with Gasteiger partial charge in [0.05, 0.1) is 5.69 Å². The Bertz CT molecular complexity index is 937. The molecule has 2 heterocycles. The molecule has 1 saturated heterocycles. The molecule has 140 valence electrons. The second-order valence-electron chi connectivity index (χ2n) is 7.18. The standard InChI is InChI=1S/C26H26N2/c1-4-12-22(13-5-1)25-20-24(16-8-11-19-28-17-9-3-10-18-28)27-21-26(25)23-14-6-2-7-15-23/h1-2,4-8,11-16,19-21H,3,9-10,17-18H2. The van der Waals surface area contributed by atoms with Gasteiger partial charge in [0.25, 0.3) is 0 Å². The number of pyridine rings is 1. The summed E-state index contributed by atoms with van der Waals surface area (Å²) in [5.41, 5.74) is 5.74. The predicted octanol–water partition coefficient (Wildman–Crippen LogP) is 6.43. The van der Waals surface area contributed by atoms with E-state index in [9.17, 15) is 0 Å². The molecule has 0 bridgehead atoms. The van der Waals surface area contributed by atoms with Gasteiger partial charge < -0.3 is 4.90 Å². The second kappa shape index (κ2) is 9.18. The maximum absolute atomic E-state index is 4.69. The Hall–Kier alpha value is -3.13. The zero-order valence-electron chi connectivity index (χ0n) is 16.2. The van der Waals surface area contributed by atoms with Crippen molar-refractivity contribution in [1.82, 2.24) is 9.88 Å². The summed E-state index contributed by atoms with van der Waals surface area (Å²) in [7, 11) is 0. The first-order valence-electron chi connectivity index (χ1n) is 10.1.